The van der Waals surface area contributed by atoms with Crippen molar-refractivity contribution >= 4 is 68.6 Å². The molecular weight excluding hydrogens is 655 g/mol. The summed E-state index contributed by atoms with van der Waals surface area (Å²) in [6.45, 7) is 5.85. The maximum atomic E-state index is 11.8. The lowest BCUT2D eigenvalue weighted by atomic mass is 10.1. The summed E-state index contributed by atoms with van der Waals surface area (Å²) in [5.41, 5.74) is 5.76. The zero-order chi connectivity index (χ0) is 31.4. The van der Waals surface area contributed by atoms with Crippen molar-refractivity contribution in [3.63, 3.8) is 0 Å². The van der Waals surface area contributed by atoms with E-state index < -0.39 is 23.9 Å². The average molecular weight is 686 g/mol. The number of aryl methyl sites for hydroxylation is 2. The SMILES string of the molecule is CC=CC(COc1cc(-c2ccc(C)s2)sc1-c1ccc(-c2sc(-c3ccc(CC)s3)cc2OCC(N)C(=O)O)s1)C(=O)O. The molecule has 0 bridgehead atoms. The Morgan fingerprint density at radius 2 is 1.34 bits per heavy atom. The van der Waals surface area contributed by atoms with E-state index in [0.717, 1.165) is 45.4 Å². The van der Waals surface area contributed by atoms with Crippen molar-refractivity contribution in [3.05, 3.63) is 70.4 Å². The Balaban J connectivity index is 1.51. The molecule has 0 aliphatic rings. The zero-order valence-electron chi connectivity index (χ0n) is 24.2. The molecule has 2 unspecified atom stereocenters. The summed E-state index contributed by atoms with van der Waals surface area (Å²) in [4.78, 5) is 33.7. The lowest BCUT2D eigenvalue weighted by Gasteiger charge is -2.10. The van der Waals surface area contributed by atoms with Crippen LogP contribution < -0.4 is 15.2 Å². The van der Waals surface area contributed by atoms with E-state index in [1.54, 1.807) is 75.8 Å². The lowest BCUT2D eigenvalue weighted by molar-refractivity contribution is -0.141. The van der Waals surface area contributed by atoms with Gasteiger partial charge in [0.15, 0.2) is 0 Å². The van der Waals surface area contributed by atoms with Crippen LogP contribution in [0, 0.1) is 12.8 Å². The van der Waals surface area contributed by atoms with E-state index in [1.807, 2.05) is 24.3 Å². The van der Waals surface area contributed by atoms with Crippen molar-refractivity contribution in [2.45, 2.75) is 33.2 Å². The third-order valence-corrected chi connectivity index (χ3v) is 12.9. The van der Waals surface area contributed by atoms with Crippen LogP contribution in [0.25, 0.3) is 39.0 Å². The second kappa shape index (κ2) is 14.2. The van der Waals surface area contributed by atoms with Gasteiger partial charge in [-0.05, 0) is 56.7 Å². The Morgan fingerprint density at radius 3 is 1.84 bits per heavy atom. The molecule has 0 saturated heterocycles. The van der Waals surface area contributed by atoms with Gasteiger partial charge in [0.1, 0.15) is 36.7 Å². The molecule has 44 heavy (non-hydrogen) atoms. The molecule has 0 aliphatic heterocycles. The summed E-state index contributed by atoms with van der Waals surface area (Å²) in [5, 5.41) is 18.9. The van der Waals surface area contributed by atoms with Crippen LogP contribution in [0.15, 0.2) is 60.7 Å². The summed E-state index contributed by atoms with van der Waals surface area (Å²) >= 11 is 8.22. The number of carbonyl (C=O) groups is 2. The van der Waals surface area contributed by atoms with Gasteiger partial charge in [0.05, 0.1) is 9.75 Å². The number of rotatable bonds is 14. The highest BCUT2D eigenvalue weighted by Crippen LogP contribution is 2.51. The predicted molar refractivity (Wildman–Crippen MR) is 184 cm³/mol. The lowest BCUT2D eigenvalue weighted by Crippen LogP contribution is -2.36. The van der Waals surface area contributed by atoms with Crippen LogP contribution in [0.4, 0.5) is 0 Å². The largest absolute Gasteiger partial charge is 0.491 e. The molecule has 0 fully saturated rings. The maximum Gasteiger partial charge on any atom is 0.324 e. The second-order valence-electron chi connectivity index (χ2n) is 9.84. The molecule has 5 rings (SSSR count). The number of hydrogen-bond acceptors (Lipinski definition) is 10. The molecular formula is C32H31NO6S5. The quantitative estimate of drug-likeness (QED) is 0.0999. The standard InChI is InChI=1S/C32H31NO6S5/c1-4-6-18(31(34)35)15-38-21-13-27(23-9-7-17(3)40-23)43-29(21)25-11-12-26(42-25)30-22(39-16-20(33)32(36)37)14-28(44-30)24-10-8-19(5-2)41-24/h4,6-14,18,20H,5,15-16,33H2,1-3H3,(H,34,35)(H,36,37). The highest BCUT2D eigenvalue weighted by molar-refractivity contribution is 7.30. The molecule has 0 aliphatic carbocycles. The first-order valence-electron chi connectivity index (χ1n) is 13.8. The first-order valence-corrected chi connectivity index (χ1v) is 17.9. The fraction of sp³-hybridized carbons (Fsp3) is 0.250. The Bertz CT molecular complexity index is 1790. The van der Waals surface area contributed by atoms with Gasteiger partial charge < -0.3 is 25.4 Å². The predicted octanol–water partition coefficient (Wildman–Crippen LogP) is 8.98. The monoisotopic (exact) mass is 685 g/mol. The van der Waals surface area contributed by atoms with E-state index in [2.05, 4.69) is 38.1 Å². The summed E-state index contributed by atoms with van der Waals surface area (Å²) < 4.78 is 12.2. The van der Waals surface area contributed by atoms with Gasteiger partial charge in [-0.15, -0.1) is 56.7 Å². The van der Waals surface area contributed by atoms with Crippen molar-refractivity contribution in [1.82, 2.24) is 0 Å². The number of thiophene rings is 5. The Hall–Kier alpha value is -3.26. The highest BCUT2D eigenvalue weighted by atomic mass is 32.1. The third kappa shape index (κ3) is 7.33. The fourth-order valence-corrected chi connectivity index (χ4v) is 9.69. The van der Waals surface area contributed by atoms with Crippen LogP contribution in [0.2, 0.25) is 0 Å². The molecule has 7 nitrogen and oxygen atoms in total. The first kappa shape index (κ1) is 32.1. The normalized spacial score (nSPS) is 12.9. The molecule has 4 N–H and O–H groups in total. The van der Waals surface area contributed by atoms with Gasteiger partial charge in [0.2, 0.25) is 0 Å². The van der Waals surface area contributed by atoms with Gasteiger partial charge in [0.25, 0.3) is 0 Å². The minimum atomic E-state index is -1.14. The van der Waals surface area contributed by atoms with Gasteiger partial charge >= 0.3 is 11.9 Å². The number of nitrogens with two attached hydrogens (primary N) is 1. The Labute approximate surface area is 275 Å². The zero-order valence-corrected chi connectivity index (χ0v) is 28.3. The van der Waals surface area contributed by atoms with Crippen LogP contribution in [-0.4, -0.2) is 41.4 Å². The van der Waals surface area contributed by atoms with Crippen LogP contribution >= 0.6 is 56.7 Å². The fourth-order valence-electron chi connectivity index (χ4n) is 4.27. The van der Waals surface area contributed by atoms with E-state index in [9.17, 15) is 19.8 Å². The molecule has 5 aromatic rings. The summed E-state index contributed by atoms with van der Waals surface area (Å²) in [6.07, 6.45) is 4.30. The molecule has 0 spiro atoms. The minimum Gasteiger partial charge on any atom is -0.491 e. The van der Waals surface area contributed by atoms with E-state index >= 15 is 0 Å². The van der Waals surface area contributed by atoms with E-state index in [-0.39, 0.29) is 13.2 Å². The number of aliphatic carboxylic acids is 2. The molecule has 230 valence electrons. The molecule has 0 amide bonds. The van der Waals surface area contributed by atoms with Gasteiger partial charge in [0, 0.05) is 51.1 Å². The Kier molecular flexibility index (Phi) is 10.4. The van der Waals surface area contributed by atoms with Crippen LogP contribution in [0.3, 0.4) is 0 Å². The summed E-state index contributed by atoms with van der Waals surface area (Å²) in [7, 11) is 0. The van der Waals surface area contributed by atoms with Gasteiger partial charge in [-0.3, -0.25) is 9.59 Å². The molecule has 2 atom stereocenters. The second-order valence-corrected chi connectivity index (χ2v) is 15.5. The number of ether oxygens (including phenoxy) is 2. The number of carboxylic acid groups (broad SMARTS) is 2. The number of hydrogen-bond donors (Lipinski definition) is 3. The molecule has 0 saturated carbocycles. The molecule has 5 aromatic heterocycles. The Morgan fingerprint density at radius 1 is 0.773 bits per heavy atom. The van der Waals surface area contributed by atoms with E-state index in [1.165, 1.54) is 9.75 Å². The van der Waals surface area contributed by atoms with Crippen molar-refractivity contribution in [2.24, 2.45) is 11.7 Å². The summed E-state index contributed by atoms with van der Waals surface area (Å²) in [6, 6.07) is 15.3. The van der Waals surface area contributed by atoms with Gasteiger partial charge in [-0.2, -0.15) is 0 Å². The van der Waals surface area contributed by atoms with Gasteiger partial charge in [-0.1, -0.05) is 19.1 Å². The molecule has 5 heterocycles. The highest BCUT2D eigenvalue weighted by Gasteiger charge is 2.23. The van der Waals surface area contributed by atoms with Crippen molar-refractivity contribution in [2.75, 3.05) is 13.2 Å². The minimum absolute atomic E-state index is 0.0151. The molecule has 0 aromatic carbocycles. The third-order valence-electron chi connectivity index (χ3n) is 6.58. The molecule has 12 heteroatoms. The number of allylic oxidation sites excluding steroid dienone is 1. The van der Waals surface area contributed by atoms with Crippen molar-refractivity contribution in [1.29, 1.82) is 0 Å². The van der Waals surface area contributed by atoms with Crippen LogP contribution in [-0.2, 0) is 16.0 Å². The average Bonchev–Trinajstić information content (AvgIpc) is 3.82. The van der Waals surface area contributed by atoms with Crippen LogP contribution in [0.5, 0.6) is 11.5 Å². The van der Waals surface area contributed by atoms with Gasteiger partial charge in [-0.25, -0.2) is 0 Å². The van der Waals surface area contributed by atoms with Crippen molar-refractivity contribution < 1.29 is 29.3 Å². The summed E-state index contributed by atoms with van der Waals surface area (Å²) in [5.74, 6) is -1.58. The molecule has 0 radical (unpaired) electrons. The topological polar surface area (TPSA) is 119 Å². The van der Waals surface area contributed by atoms with Crippen molar-refractivity contribution in [3.8, 4) is 50.5 Å². The van der Waals surface area contributed by atoms with E-state index in [0.29, 0.717) is 11.5 Å². The first-order chi connectivity index (χ1) is 21.2. The van der Waals surface area contributed by atoms with E-state index in [4.69, 9.17) is 15.2 Å². The maximum absolute atomic E-state index is 11.8. The van der Waals surface area contributed by atoms with Crippen LogP contribution in [0.1, 0.15) is 23.6 Å². The smallest absolute Gasteiger partial charge is 0.324 e. The number of carboxylic acids is 2.